The van der Waals surface area contributed by atoms with Gasteiger partial charge in [-0.25, -0.2) is 0 Å². The fraction of sp³-hybridized carbons (Fsp3) is 0.583. The van der Waals surface area contributed by atoms with Gasteiger partial charge in [-0.05, 0) is 13.0 Å². The molecule has 0 saturated carbocycles. The van der Waals surface area contributed by atoms with Crippen LogP contribution in [0.5, 0.6) is 0 Å². The van der Waals surface area contributed by atoms with Crippen LogP contribution in [0.15, 0.2) is 16.5 Å². The molecule has 0 radical (unpaired) electrons. The standard InChI is InChI=1S/C12H17N3O5/c1-2-19-12(16)10-7-13-5-6-14(10)8-9-3-4-11(20-9)15(17)18/h3-4,10,13H,2,5-8H2,1H3. The highest BCUT2D eigenvalue weighted by Gasteiger charge is 2.30. The summed E-state index contributed by atoms with van der Waals surface area (Å²) >= 11 is 0. The Labute approximate surface area is 115 Å². The van der Waals surface area contributed by atoms with Gasteiger partial charge < -0.3 is 14.5 Å². The molecule has 1 N–H and O–H groups in total. The predicted octanol–water partition coefficient (Wildman–Crippen LogP) is 0.525. The SMILES string of the molecule is CCOC(=O)C1CNCCN1Cc1ccc([N+](=O)[O-])o1. The lowest BCUT2D eigenvalue weighted by atomic mass is 10.2. The van der Waals surface area contributed by atoms with E-state index < -0.39 is 11.0 Å². The molecule has 0 aromatic carbocycles. The molecule has 1 fully saturated rings. The van der Waals surface area contributed by atoms with E-state index in [1.54, 1.807) is 13.0 Å². The third kappa shape index (κ3) is 3.34. The number of hydrogen-bond donors (Lipinski definition) is 1. The second kappa shape index (κ2) is 6.49. The van der Waals surface area contributed by atoms with Crippen LogP contribution in [0.25, 0.3) is 0 Å². The Bertz CT molecular complexity index is 487. The first kappa shape index (κ1) is 14.5. The highest BCUT2D eigenvalue weighted by Crippen LogP contribution is 2.19. The van der Waals surface area contributed by atoms with Crippen molar-refractivity contribution >= 4 is 11.9 Å². The van der Waals surface area contributed by atoms with E-state index in [0.29, 0.717) is 32.0 Å². The lowest BCUT2D eigenvalue weighted by molar-refractivity contribution is -0.402. The Morgan fingerprint density at radius 1 is 1.65 bits per heavy atom. The molecule has 1 atom stereocenters. The summed E-state index contributed by atoms with van der Waals surface area (Å²) in [5.74, 6) is -0.114. The van der Waals surface area contributed by atoms with Crippen LogP contribution < -0.4 is 5.32 Å². The maximum Gasteiger partial charge on any atom is 0.433 e. The molecule has 1 aliphatic rings. The fourth-order valence-corrected chi connectivity index (χ4v) is 2.16. The maximum atomic E-state index is 11.9. The summed E-state index contributed by atoms with van der Waals surface area (Å²) in [6.45, 7) is 4.33. The summed E-state index contributed by atoms with van der Waals surface area (Å²) in [5.41, 5.74) is 0. The molecular weight excluding hydrogens is 266 g/mol. The monoisotopic (exact) mass is 283 g/mol. The van der Waals surface area contributed by atoms with Gasteiger partial charge in [0.1, 0.15) is 16.7 Å². The van der Waals surface area contributed by atoms with Gasteiger partial charge in [0.05, 0.1) is 19.2 Å². The highest BCUT2D eigenvalue weighted by molar-refractivity contribution is 5.76. The van der Waals surface area contributed by atoms with E-state index >= 15 is 0 Å². The van der Waals surface area contributed by atoms with Crippen LogP contribution in [0.4, 0.5) is 5.88 Å². The van der Waals surface area contributed by atoms with Gasteiger partial charge in [0.25, 0.3) is 0 Å². The maximum absolute atomic E-state index is 11.9. The Balaban J connectivity index is 2.04. The summed E-state index contributed by atoms with van der Waals surface area (Å²) < 4.78 is 10.2. The van der Waals surface area contributed by atoms with Gasteiger partial charge in [-0.1, -0.05) is 0 Å². The zero-order chi connectivity index (χ0) is 14.5. The average Bonchev–Trinajstić information content (AvgIpc) is 2.88. The van der Waals surface area contributed by atoms with Crippen LogP contribution >= 0.6 is 0 Å². The quantitative estimate of drug-likeness (QED) is 0.478. The Morgan fingerprint density at radius 3 is 3.10 bits per heavy atom. The number of carbonyl (C=O) groups excluding carboxylic acids is 1. The number of nitro groups is 1. The molecular formula is C12H17N3O5. The van der Waals surface area contributed by atoms with Gasteiger partial charge in [0.15, 0.2) is 0 Å². The third-order valence-corrected chi connectivity index (χ3v) is 3.10. The molecule has 1 aromatic rings. The molecule has 1 aromatic heterocycles. The van der Waals surface area contributed by atoms with E-state index in [-0.39, 0.29) is 11.9 Å². The number of esters is 1. The van der Waals surface area contributed by atoms with Gasteiger partial charge in [0.2, 0.25) is 0 Å². The Kier molecular flexibility index (Phi) is 4.70. The van der Waals surface area contributed by atoms with Crippen molar-refractivity contribution in [3.8, 4) is 0 Å². The first-order chi connectivity index (χ1) is 9.61. The van der Waals surface area contributed by atoms with E-state index in [1.165, 1.54) is 6.07 Å². The van der Waals surface area contributed by atoms with E-state index in [4.69, 9.17) is 9.15 Å². The van der Waals surface area contributed by atoms with Crippen LogP contribution in [0.3, 0.4) is 0 Å². The van der Waals surface area contributed by atoms with Crippen LogP contribution in [0.2, 0.25) is 0 Å². The molecule has 0 spiro atoms. The van der Waals surface area contributed by atoms with Crippen molar-refractivity contribution in [3.05, 3.63) is 28.0 Å². The zero-order valence-corrected chi connectivity index (χ0v) is 11.2. The number of nitrogens with zero attached hydrogens (tertiary/aromatic N) is 2. The summed E-state index contributed by atoms with van der Waals surface area (Å²) in [6.07, 6.45) is 0. The molecule has 110 valence electrons. The van der Waals surface area contributed by atoms with Gasteiger partial charge in [-0.15, -0.1) is 0 Å². The van der Waals surface area contributed by atoms with Crippen molar-refractivity contribution in [2.24, 2.45) is 0 Å². The van der Waals surface area contributed by atoms with Gasteiger partial charge >= 0.3 is 11.9 Å². The fourth-order valence-electron chi connectivity index (χ4n) is 2.16. The summed E-state index contributed by atoms with van der Waals surface area (Å²) in [4.78, 5) is 23.8. The largest absolute Gasteiger partial charge is 0.465 e. The van der Waals surface area contributed by atoms with Gasteiger partial charge in [-0.3, -0.25) is 19.8 Å². The number of rotatable bonds is 5. The van der Waals surface area contributed by atoms with Crippen molar-refractivity contribution < 1.29 is 18.9 Å². The van der Waals surface area contributed by atoms with E-state index in [2.05, 4.69) is 5.32 Å². The van der Waals surface area contributed by atoms with Crippen LogP contribution in [0, 0.1) is 10.1 Å². The number of furan rings is 1. The smallest absolute Gasteiger partial charge is 0.433 e. The second-order valence-electron chi connectivity index (χ2n) is 4.44. The molecule has 1 unspecified atom stereocenters. The van der Waals surface area contributed by atoms with Gasteiger partial charge in [-0.2, -0.15) is 0 Å². The minimum absolute atomic E-state index is 0.289. The van der Waals surface area contributed by atoms with Crippen molar-refractivity contribution in [2.75, 3.05) is 26.2 Å². The first-order valence-electron chi connectivity index (χ1n) is 6.46. The third-order valence-electron chi connectivity index (χ3n) is 3.10. The topological polar surface area (TPSA) is 97.8 Å². The Morgan fingerprint density at radius 2 is 2.45 bits per heavy atom. The molecule has 2 rings (SSSR count). The molecule has 8 heteroatoms. The van der Waals surface area contributed by atoms with Crippen LogP contribution in [-0.4, -0.2) is 48.1 Å². The number of carbonyl (C=O) groups is 1. The summed E-state index contributed by atoms with van der Waals surface area (Å²) in [7, 11) is 0. The van der Waals surface area contributed by atoms with Crippen molar-refractivity contribution in [1.29, 1.82) is 0 Å². The summed E-state index contributed by atoms with van der Waals surface area (Å²) in [6, 6.07) is 2.48. The molecule has 0 bridgehead atoms. The number of ether oxygens (including phenoxy) is 1. The number of nitrogens with one attached hydrogen (secondary N) is 1. The Hall–Kier alpha value is -1.93. The predicted molar refractivity (Wildman–Crippen MR) is 69.1 cm³/mol. The van der Waals surface area contributed by atoms with Gasteiger partial charge in [0, 0.05) is 19.6 Å². The molecule has 20 heavy (non-hydrogen) atoms. The van der Waals surface area contributed by atoms with Crippen LogP contribution in [0.1, 0.15) is 12.7 Å². The van der Waals surface area contributed by atoms with Crippen molar-refractivity contribution in [1.82, 2.24) is 10.2 Å². The minimum Gasteiger partial charge on any atom is -0.465 e. The second-order valence-corrected chi connectivity index (χ2v) is 4.44. The lowest BCUT2D eigenvalue weighted by Gasteiger charge is -2.33. The zero-order valence-electron chi connectivity index (χ0n) is 11.2. The lowest BCUT2D eigenvalue weighted by Crippen LogP contribution is -2.54. The first-order valence-corrected chi connectivity index (χ1v) is 6.46. The summed E-state index contributed by atoms with van der Waals surface area (Å²) in [5, 5.41) is 13.7. The highest BCUT2D eigenvalue weighted by atomic mass is 16.6. The number of piperazine rings is 1. The van der Waals surface area contributed by atoms with E-state index in [1.807, 2.05) is 4.90 Å². The molecule has 0 amide bonds. The van der Waals surface area contributed by atoms with Crippen LogP contribution in [-0.2, 0) is 16.1 Å². The molecule has 0 aliphatic carbocycles. The van der Waals surface area contributed by atoms with E-state index in [9.17, 15) is 14.9 Å². The normalized spacial score (nSPS) is 19.8. The molecule has 1 saturated heterocycles. The van der Waals surface area contributed by atoms with E-state index in [0.717, 1.165) is 6.54 Å². The van der Waals surface area contributed by atoms with Crippen molar-refractivity contribution in [2.45, 2.75) is 19.5 Å². The number of hydrogen-bond acceptors (Lipinski definition) is 7. The molecule has 2 heterocycles. The molecule has 1 aliphatic heterocycles. The minimum atomic E-state index is -0.579. The molecule has 8 nitrogen and oxygen atoms in total. The average molecular weight is 283 g/mol. The van der Waals surface area contributed by atoms with Crippen molar-refractivity contribution in [3.63, 3.8) is 0 Å².